The second kappa shape index (κ2) is 20.9. The lowest BCUT2D eigenvalue weighted by Gasteiger charge is -2.44. The largest absolute Gasteiger partial charge is 0.506 e. The first-order valence-electron chi connectivity index (χ1n) is 18.9. The van der Waals surface area contributed by atoms with E-state index in [2.05, 4.69) is 22.1 Å². The predicted octanol–water partition coefficient (Wildman–Crippen LogP) is -6.90. The van der Waals surface area contributed by atoms with Crippen molar-refractivity contribution in [1.82, 2.24) is 0 Å². The zero-order chi connectivity index (χ0) is 55.2. The molecule has 4 rings (SSSR count). The van der Waals surface area contributed by atoms with Crippen molar-refractivity contribution in [3.63, 3.8) is 0 Å². The van der Waals surface area contributed by atoms with E-state index in [9.17, 15) is 139 Å². The number of carboxylic acids is 6. The minimum atomic E-state index is -3.44. The highest BCUT2D eigenvalue weighted by Crippen LogP contribution is 2.52. The van der Waals surface area contributed by atoms with Gasteiger partial charge in [0.1, 0.15) is 46.6 Å². The number of phenols is 4. The minimum Gasteiger partial charge on any atom is -0.506 e. The van der Waals surface area contributed by atoms with Gasteiger partial charge in [-0.25, -0.2) is 28.8 Å². The van der Waals surface area contributed by atoms with Crippen molar-refractivity contribution in [2.45, 2.75) is 53.9 Å². The van der Waals surface area contributed by atoms with E-state index in [1.165, 1.54) is 0 Å². The van der Waals surface area contributed by atoms with E-state index in [4.69, 9.17) is 20.3 Å². The van der Waals surface area contributed by atoms with Crippen LogP contribution in [-0.2, 0) is 52.6 Å². The summed E-state index contributed by atoms with van der Waals surface area (Å²) in [4.78, 5) is 150. The molecule has 72 heavy (non-hydrogen) atoms. The van der Waals surface area contributed by atoms with Crippen molar-refractivity contribution in [3.05, 3.63) is 22.3 Å². The monoisotopic (exact) mass is 1050 g/mol. The number of nitrogens with two attached hydrogens (primary N) is 1. The second-order valence-corrected chi connectivity index (χ2v) is 15.4. The maximum absolute atomic E-state index is 14.3. The Labute approximate surface area is 398 Å². The standard InChI is InChI=1S/C37H33NO33S/c38-10-15(43)4(34(64)71-37(67)32(61)62)2-13(41)9(29(55)56)36(66)68-23(2)24(10)69-33(63)3(16(44)21(49)22(50)30(57)58)1-11(39)6(27(51)52)14(42)7(12(1)40)35(65)70-25(31(59)60)19(47)5-17(45)18(46)8(28(53)54)26(72)20(5)48/h1,3,6-7,9,11-12,16,19,21-22,25,36,39-40,43-50,66,72H,38H2,(H,51,52)(H,53,54)(H,55,56)(H,57,58)(H,59,60)(H,61,62). The number of thiol groups is 1. The number of ketones is 2. The highest BCUT2D eigenvalue weighted by molar-refractivity contribution is 7.80. The molecule has 1 saturated carbocycles. The van der Waals surface area contributed by atoms with Gasteiger partial charge in [-0.05, 0) is 0 Å². The molecular weight excluding hydrogens is 1020 g/mol. The van der Waals surface area contributed by atoms with Crippen molar-refractivity contribution in [3.8, 4) is 34.5 Å². The Kier molecular flexibility index (Phi) is 16.3. The number of aliphatic hydroxyl groups is 7. The van der Waals surface area contributed by atoms with Crippen LogP contribution in [0.3, 0.4) is 0 Å². The highest BCUT2D eigenvalue weighted by Gasteiger charge is 2.62. The summed E-state index contributed by atoms with van der Waals surface area (Å²) in [6.07, 6.45) is -26.1. The number of benzene rings is 2. The maximum Gasteiger partial charge on any atom is 0.425 e. The number of fused-ring (bicyclic) bond motifs is 1. The number of aliphatic carboxylic acids is 5. The molecular formula is C37H33NO33S. The number of ether oxygens (including phenoxy) is 4. The van der Waals surface area contributed by atoms with Gasteiger partial charge < -0.3 is 111 Å². The van der Waals surface area contributed by atoms with E-state index in [-0.39, 0.29) is 0 Å². The molecule has 35 heteroatoms. The normalized spacial score (nSPS) is 23.0. The molecule has 390 valence electrons. The molecule has 2 aliphatic rings. The van der Waals surface area contributed by atoms with Gasteiger partial charge >= 0.3 is 59.7 Å². The Morgan fingerprint density at radius 2 is 1.22 bits per heavy atom. The molecule has 0 saturated heterocycles. The van der Waals surface area contributed by atoms with Gasteiger partial charge in [-0.15, -0.1) is 12.6 Å². The van der Waals surface area contributed by atoms with Crippen LogP contribution < -0.4 is 15.2 Å². The lowest BCUT2D eigenvalue weighted by atomic mass is 9.64. The van der Waals surface area contributed by atoms with Crippen LogP contribution in [-0.4, -0.2) is 201 Å². The summed E-state index contributed by atoms with van der Waals surface area (Å²) in [5.74, 6) is -54.8. The average molecular weight is 1050 g/mol. The number of phenolic OH excluding ortho intramolecular Hbond substituents is 3. The number of esters is 4. The SMILES string of the molecule is Nc1c(O)c(C(=O)OC(=O)C(=O)O)c2c(c1OC(=O)C(C(O)C(O)C(O)C(=O)O)C1C(O)C(C(=O)O)C(=O)C(C(=O)OC(C(=O)O)C(O)c3c(O)c(O)c(C(=O)O)c(S)c3O)C1O)OC(O)C(C(=O)O)C2=O. The van der Waals surface area contributed by atoms with Gasteiger partial charge in [0.2, 0.25) is 12.4 Å². The number of hydrogen-bond acceptors (Lipinski definition) is 29. The molecule has 0 bridgehead atoms. The topological polar surface area (TPSA) is 612 Å². The number of Topliss-reactive ketones (excluding diaryl/α,β-unsaturated/α-hetero) is 2. The number of nitrogen functional groups attached to an aromatic ring is 1. The van der Waals surface area contributed by atoms with Gasteiger partial charge in [-0.2, -0.15) is 0 Å². The molecule has 2 aromatic carbocycles. The van der Waals surface area contributed by atoms with E-state index < -0.39 is 217 Å². The molecule has 1 heterocycles. The number of carbonyl (C=O) groups is 12. The van der Waals surface area contributed by atoms with Crippen molar-refractivity contribution in [2.24, 2.45) is 29.6 Å². The van der Waals surface area contributed by atoms with Gasteiger partial charge in [-0.1, -0.05) is 0 Å². The van der Waals surface area contributed by atoms with Crippen molar-refractivity contribution < 1.29 is 163 Å². The third-order valence-corrected chi connectivity index (χ3v) is 11.2. The fraction of sp³-hybridized carbons (Fsp3) is 0.351. The molecule has 0 spiro atoms. The number of hydrogen-bond donors (Lipinski definition) is 19. The predicted molar refractivity (Wildman–Crippen MR) is 211 cm³/mol. The fourth-order valence-electron chi connectivity index (χ4n) is 7.41. The first-order valence-corrected chi connectivity index (χ1v) is 19.4. The molecule has 13 atom stereocenters. The zero-order valence-electron chi connectivity index (χ0n) is 34.7. The number of aromatic carboxylic acids is 1. The Morgan fingerprint density at radius 3 is 1.71 bits per heavy atom. The van der Waals surface area contributed by atoms with Crippen LogP contribution in [0, 0.1) is 29.6 Å². The number of carbonyl (C=O) groups excluding carboxylic acids is 6. The molecule has 0 aromatic heterocycles. The van der Waals surface area contributed by atoms with E-state index >= 15 is 0 Å². The summed E-state index contributed by atoms with van der Waals surface area (Å²) in [6.45, 7) is 0. The first-order chi connectivity index (χ1) is 33.2. The number of rotatable bonds is 16. The van der Waals surface area contributed by atoms with Crippen molar-refractivity contribution in [1.29, 1.82) is 0 Å². The Hall–Kier alpha value is -8.45. The quantitative estimate of drug-likeness (QED) is 0.0109. The molecule has 1 fully saturated rings. The van der Waals surface area contributed by atoms with Gasteiger partial charge in [0, 0.05) is 5.92 Å². The van der Waals surface area contributed by atoms with Gasteiger partial charge in [-0.3, -0.25) is 28.8 Å². The van der Waals surface area contributed by atoms with E-state index in [1.807, 2.05) is 0 Å². The van der Waals surface area contributed by atoms with E-state index in [1.54, 1.807) is 0 Å². The maximum atomic E-state index is 14.3. The molecule has 0 radical (unpaired) electrons. The molecule has 13 unspecified atom stereocenters. The van der Waals surface area contributed by atoms with Crippen LogP contribution in [0.4, 0.5) is 5.69 Å². The third kappa shape index (κ3) is 9.83. The van der Waals surface area contributed by atoms with Crippen LogP contribution in [0.15, 0.2) is 4.90 Å². The van der Waals surface area contributed by atoms with Crippen LogP contribution in [0.25, 0.3) is 0 Å². The number of carboxylic acid groups (broad SMARTS) is 6. The summed E-state index contributed by atoms with van der Waals surface area (Å²) in [5.41, 5.74) is -2.20. The summed E-state index contributed by atoms with van der Waals surface area (Å²) < 4.78 is 18.5. The molecule has 0 amide bonds. The number of aliphatic hydroxyl groups excluding tert-OH is 7. The lowest BCUT2D eigenvalue weighted by molar-refractivity contribution is -0.198. The minimum absolute atomic E-state index is 1.17. The van der Waals surface area contributed by atoms with Gasteiger partial charge in [0.25, 0.3) is 0 Å². The van der Waals surface area contributed by atoms with E-state index in [0.717, 1.165) is 0 Å². The highest BCUT2D eigenvalue weighted by atomic mass is 32.1. The number of anilines is 1. The molecule has 1 aliphatic carbocycles. The lowest BCUT2D eigenvalue weighted by Crippen LogP contribution is -2.64. The molecule has 2 aromatic rings. The smallest absolute Gasteiger partial charge is 0.425 e. The molecule has 19 N–H and O–H groups in total. The first kappa shape index (κ1) is 56.1. The van der Waals surface area contributed by atoms with Crippen LogP contribution >= 0.6 is 12.6 Å². The van der Waals surface area contributed by atoms with Crippen LogP contribution in [0.5, 0.6) is 34.5 Å². The second-order valence-electron chi connectivity index (χ2n) is 14.9. The average Bonchev–Trinajstić information content (AvgIpc) is 3.26. The summed E-state index contributed by atoms with van der Waals surface area (Å²) >= 11 is 3.61. The van der Waals surface area contributed by atoms with Gasteiger partial charge in [0.15, 0.2) is 52.3 Å². The van der Waals surface area contributed by atoms with Crippen molar-refractivity contribution in [2.75, 3.05) is 5.73 Å². The van der Waals surface area contributed by atoms with E-state index in [0.29, 0.717) is 0 Å². The van der Waals surface area contributed by atoms with Crippen LogP contribution in [0.2, 0.25) is 0 Å². The zero-order valence-corrected chi connectivity index (χ0v) is 35.6. The van der Waals surface area contributed by atoms with Crippen molar-refractivity contribution >= 4 is 89.6 Å². The van der Waals surface area contributed by atoms with Crippen LogP contribution in [0.1, 0.15) is 42.7 Å². The fourth-order valence-corrected chi connectivity index (χ4v) is 7.73. The summed E-state index contributed by atoms with van der Waals surface area (Å²) in [7, 11) is 0. The molecule has 1 aliphatic heterocycles. The summed E-state index contributed by atoms with van der Waals surface area (Å²) in [6, 6.07) is 0. The Bertz CT molecular complexity index is 2700. The number of aromatic hydroxyl groups is 4. The Morgan fingerprint density at radius 1 is 0.681 bits per heavy atom. The van der Waals surface area contributed by atoms with Gasteiger partial charge in [0.05, 0.1) is 40.3 Å². The Balaban J connectivity index is 1.97. The summed E-state index contributed by atoms with van der Waals surface area (Å²) in [5, 5.41) is 176. The molecule has 34 nitrogen and oxygen atoms in total. The third-order valence-electron chi connectivity index (χ3n) is 10.8.